The molecule has 0 aliphatic carbocycles. The van der Waals surface area contributed by atoms with Gasteiger partial charge in [0, 0.05) is 5.02 Å². The fraction of sp³-hybridized carbons (Fsp3) is 0.0435. The number of cyclic esters (lactones) is 1. The molecule has 4 nitrogen and oxygen atoms in total. The van der Waals surface area contributed by atoms with Crippen molar-refractivity contribution < 1.29 is 18.7 Å². The molecule has 1 heterocycles. The van der Waals surface area contributed by atoms with Crippen molar-refractivity contribution in [2.24, 2.45) is 4.99 Å². The highest BCUT2D eigenvalue weighted by Crippen LogP contribution is 2.27. The molecule has 1 aliphatic heterocycles. The molecule has 0 spiro atoms. The molecule has 0 radical (unpaired) electrons. The molecule has 0 bridgehead atoms. The average molecular weight is 442 g/mol. The third kappa shape index (κ3) is 4.70. The number of carbonyl (C=O) groups is 1. The largest absolute Gasteiger partial charge is 0.489 e. The van der Waals surface area contributed by atoms with E-state index in [0.29, 0.717) is 26.9 Å². The lowest BCUT2D eigenvalue weighted by Crippen LogP contribution is -2.06. The van der Waals surface area contributed by atoms with Crippen molar-refractivity contribution in [1.82, 2.24) is 0 Å². The highest BCUT2D eigenvalue weighted by atomic mass is 35.5. The third-order valence-electron chi connectivity index (χ3n) is 4.26. The smallest absolute Gasteiger partial charge is 0.363 e. The summed E-state index contributed by atoms with van der Waals surface area (Å²) in [4.78, 5) is 16.5. The van der Waals surface area contributed by atoms with Gasteiger partial charge in [0.15, 0.2) is 5.70 Å². The first-order chi connectivity index (χ1) is 14.5. The summed E-state index contributed by atoms with van der Waals surface area (Å²) in [6, 6.07) is 18.1. The van der Waals surface area contributed by atoms with Crippen molar-refractivity contribution in [2.75, 3.05) is 0 Å². The number of aliphatic imine (C=N–C) groups is 1. The van der Waals surface area contributed by atoms with Crippen molar-refractivity contribution >= 4 is 41.1 Å². The number of ether oxygens (including phenoxy) is 2. The third-order valence-corrected chi connectivity index (χ3v) is 4.82. The van der Waals surface area contributed by atoms with Gasteiger partial charge in [-0.2, -0.15) is 0 Å². The zero-order valence-electron chi connectivity index (χ0n) is 15.4. The van der Waals surface area contributed by atoms with Crippen LogP contribution in [-0.4, -0.2) is 11.9 Å². The molecule has 150 valence electrons. The molecule has 4 rings (SSSR count). The predicted molar refractivity (Wildman–Crippen MR) is 114 cm³/mol. The minimum Gasteiger partial charge on any atom is -0.489 e. The minimum absolute atomic E-state index is 0.0995. The van der Waals surface area contributed by atoms with E-state index in [9.17, 15) is 9.18 Å². The highest BCUT2D eigenvalue weighted by molar-refractivity contribution is 6.36. The molecule has 3 aromatic rings. The number of nitrogens with zero attached hydrogens (tertiary/aromatic N) is 1. The van der Waals surface area contributed by atoms with E-state index in [1.807, 2.05) is 6.07 Å². The van der Waals surface area contributed by atoms with Gasteiger partial charge >= 0.3 is 5.97 Å². The zero-order valence-corrected chi connectivity index (χ0v) is 17.0. The van der Waals surface area contributed by atoms with E-state index in [2.05, 4.69) is 4.99 Å². The fourth-order valence-corrected chi connectivity index (χ4v) is 3.16. The van der Waals surface area contributed by atoms with Crippen LogP contribution in [0.25, 0.3) is 6.08 Å². The van der Waals surface area contributed by atoms with Crippen LogP contribution in [0.1, 0.15) is 16.7 Å². The van der Waals surface area contributed by atoms with Crippen molar-refractivity contribution in [3.63, 3.8) is 0 Å². The molecule has 1 aliphatic rings. The number of hydrogen-bond acceptors (Lipinski definition) is 4. The molecule has 3 aromatic carbocycles. The predicted octanol–water partition coefficient (Wildman–Crippen LogP) is 6.06. The lowest BCUT2D eigenvalue weighted by atomic mass is 10.2. The van der Waals surface area contributed by atoms with Gasteiger partial charge < -0.3 is 9.47 Å². The molecular weight excluding hydrogens is 428 g/mol. The molecular formula is C23H14Cl2FNO3. The number of halogens is 3. The molecule has 0 fully saturated rings. The molecule has 0 atom stereocenters. The van der Waals surface area contributed by atoms with Gasteiger partial charge in [0.05, 0.1) is 10.6 Å². The number of rotatable bonds is 5. The lowest BCUT2D eigenvalue weighted by Gasteiger charge is -2.07. The van der Waals surface area contributed by atoms with Crippen LogP contribution < -0.4 is 4.74 Å². The molecule has 30 heavy (non-hydrogen) atoms. The van der Waals surface area contributed by atoms with Gasteiger partial charge in [-0.1, -0.05) is 47.5 Å². The van der Waals surface area contributed by atoms with Gasteiger partial charge in [0.25, 0.3) is 0 Å². The van der Waals surface area contributed by atoms with E-state index in [-0.39, 0.29) is 24.0 Å². The van der Waals surface area contributed by atoms with Crippen molar-refractivity contribution in [3.8, 4) is 5.75 Å². The highest BCUT2D eigenvalue weighted by Gasteiger charge is 2.25. The van der Waals surface area contributed by atoms with Crippen molar-refractivity contribution in [1.29, 1.82) is 0 Å². The maximum absolute atomic E-state index is 13.0. The van der Waals surface area contributed by atoms with Crippen LogP contribution in [0.4, 0.5) is 4.39 Å². The summed E-state index contributed by atoms with van der Waals surface area (Å²) in [6.07, 6.45) is 1.60. The van der Waals surface area contributed by atoms with E-state index in [4.69, 9.17) is 32.7 Å². The molecule has 0 unspecified atom stereocenters. The first kappa shape index (κ1) is 20.1. The van der Waals surface area contributed by atoms with Crippen molar-refractivity contribution in [3.05, 3.63) is 105 Å². The van der Waals surface area contributed by atoms with Crippen LogP contribution >= 0.6 is 23.2 Å². The Morgan fingerprint density at radius 2 is 1.83 bits per heavy atom. The minimum atomic E-state index is -0.585. The molecule has 0 N–H and O–H groups in total. The fourth-order valence-electron chi connectivity index (χ4n) is 2.79. The van der Waals surface area contributed by atoms with E-state index >= 15 is 0 Å². The van der Waals surface area contributed by atoms with Gasteiger partial charge in [-0.05, 0) is 59.7 Å². The van der Waals surface area contributed by atoms with Gasteiger partial charge in [0.2, 0.25) is 5.90 Å². The summed E-state index contributed by atoms with van der Waals surface area (Å²) in [5.41, 5.74) is 2.13. The van der Waals surface area contributed by atoms with Crippen LogP contribution in [0.2, 0.25) is 10.0 Å². The summed E-state index contributed by atoms with van der Waals surface area (Å²) >= 11 is 12.2. The maximum Gasteiger partial charge on any atom is 0.363 e. The lowest BCUT2D eigenvalue weighted by molar-refractivity contribution is -0.129. The average Bonchev–Trinajstić information content (AvgIpc) is 3.10. The van der Waals surface area contributed by atoms with Crippen LogP contribution in [-0.2, 0) is 16.1 Å². The summed E-state index contributed by atoms with van der Waals surface area (Å²) in [5, 5.41) is 0.833. The number of carbonyl (C=O) groups excluding carboxylic acids is 1. The van der Waals surface area contributed by atoms with E-state index in [1.165, 1.54) is 12.1 Å². The van der Waals surface area contributed by atoms with E-state index in [1.54, 1.807) is 54.6 Å². The van der Waals surface area contributed by atoms with Crippen molar-refractivity contribution in [2.45, 2.75) is 6.61 Å². The monoisotopic (exact) mass is 441 g/mol. The standard InChI is InChI=1S/C23H14Cl2FNO3/c24-16-6-9-20(25)19(12-16)22-27-21(23(28)30-22)11-15-2-1-3-18(10-15)29-13-14-4-7-17(26)8-5-14/h1-12H,13H2. The second kappa shape index (κ2) is 8.69. The van der Waals surface area contributed by atoms with Crippen LogP contribution in [0.15, 0.2) is 77.4 Å². The van der Waals surface area contributed by atoms with Gasteiger partial charge in [-0.15, -0.1) is 0 Å². The summed E-state index contributed by atoms with van der Waals surface area (Å²) < 4.78 is 24.0. The molecule has 7 heteroatoms. The van der Waals surface area contributed by atoms with Gasteiger partial charge in [0.1, 0.15) is 18.2 Å². The number of benzene rings is 3. The van der Waals surface area contributed by atoms with Crippen LogP contribution in [0.5, 0.6) is 5.75 Å². The summed E-state index contributed by atoms with van der Waals surface area (Å²) in [5.74, 6) is -0.182. The van der Waals surface area contributed by atoms with E-state index < -0.39 is 5.97 Å². The Morgan fingerprint density at radius 1 is 1.03 bits per heavy atom. The second-order valence-corrected chi connectivity index (χ2v) is 7.29. The quantitative estimate of drug-likeness (QED) is 0.357. The SMILES string of the molecule is O=C1OC(c2cc(Cl)ccc2Cl)=NC1=Cc1cccc(OCc2ccc(F)cc2)c1. The Morgan fingerprint density at radius 3 is 2.63 bits per heavy atom. The number of hydrogen-bond donors (Lipinski definition) is 0. The van der Waals surface area contributed by atoms with E-state index in [0.717, 1.165) is 5.56 Å². The zero-order chi connectivity index (χ0) is 21.1. The topological polar surface area (TPSA) is 47.9 Å². The Labute approximate surface area is 182 Å². The molecule has 0 saturated heterocycles. The maximum atomic E-state index is 13.0. The first-order valence-electron chi connectivity index (χ1n) is 8.93. The summed E-state index contributed by atoms with van der Waals surface area (Å²) in [7, 11) is 0. The normalized spacial score (nSPS) is 14.6. The first-order valence-corrected chi connectivity index (χ1v) is 9.69. The Balaban J connectivity index is 1.53. The van der Waals surface area contributed by atoms with Crippen LogP contribution in [0.3, 0.4) is 0 Å². The Kier molecular flexibility index (Phi) is 5.84. The molecule has 0 aromatic heterocycles. The molecule has 0 amide bonds. The van der Waals surface area contributed by atoms with Crippen LogP contribution in [0, 0.1) is 5.82 Å². The Hall–Kier alpha value is -3.15. The Bertz CT molecular complexity index is 1170. The number of esters is 1. The summed E-state index contributed by atoms with van der Waals surface area (Å²) in [6.45, 7) is 0.290. The second-order valence-electron chi connectivity index (χ2n) is 6.45. The molecule has 0 saturated carbocycles. The van der Waals surface area contributed by atoms with Gasteiger partial charge in [-0.25, -0.2) is 14.2 Å². The van der Waals surface area contributed by atoms with Gasteiger partial charge in [-0.3, -0.25) is 0 Å².